The molecule has 132 valence electrons. The number of amides is 1. The zero-order valence-electron chi connectivity index (χ0n) is 14.1. The summed E-state index contributed by atoms with van der Waals surface area (Å²) in [5, 5.41) is 13.5. The molecule has 0 aliphatic heterocycles. The first kappa shape index (κ1) is 16.2. The highest BCUT2D eigenvalue weighted by Gasteiger charge is 2.15. The number of carbonyl (C=O) groups is 1. The van der Waals surface area contributed by atoms with Gasteiger partial charge >= 0.3 is 0 Å². The van der Waals surface area contributed by atoms with E-state index in [0.29, 0.717) is 22.5 Å². The largest absolute Gasteiger partial charge is 0.310 e. The van der Waals surface area contributed by atoms with Gasteiger partial charge in [0.15, 0.2) is 5.65 Å². The van der Waals surface area contributed by atoms with Crippen molar-refractivity contribution in [1.82, 2.24) is 29.5 Å². The average Bonchev–Trinajstić information content (AvgIpc) is 3.30. The summed E-state index contributed by atoms with van der Waals surface area (Å²) in [5.41, 5.74) is 0.805. The predicted molar refractivity (Wildman–Crippen MR) is 97.6 cm³/mol. The number of rotatable bonds is 4. The summed E-state index contributed by atoms with van der Waals surface area (Å²) >= 11 is 1.52. The summed E-state index contributed by atoms with van der Waals surface area (Å²) < 4.78 is 2.93. The van der Waals surface area contributed by atoms with Gasteiger partial charge in [-0.3, -0.25) is 19.3 Å². The van der Waals surface area contributed by atoms with Crippen LogP contribution in [0.5, 0.6) is 0 Å². The molecule has 0 spiro atoms. The van der Waals surface area contributed by atoms with Crippen molar-refractivity contribution in [2.45, 2.75) is 13.3 Å². The van der Waals surface area contributed by atoms with E-state index < -0.39 is 0 Å². The molecule has 4 aromatic heterocycles. The number of nitrogens with zero attached hydrogens (tertiary/aromatic N) is 5. The molecule has 0 aliphatic carbocycles. The van der Waals surface area contributed by atoms with Gasteiger partial charge in [0.25, 0.3) is 5.56 Å². The van der Waals surface area contributed by atoms with E-state index in [1.165, 1.54) is 26.9 Å². The van der Waals surface area contributed by atoms with Crippen LogP contribution in [0, 0.1) is 6.92 Å². The van der Waals surface area contributed by atoms with Crippen LogP contribution in [0.2, 0.25) is 0 Å². The van der Waals surface area contributed by atoms with Crippen molar-refractivity contribution >= 4 is 34.1 Å². The van der Waals surface area contributed by atoms with Crippen LogP contribution < -0.4 is 10.9 Å². The minimum absolute atomic E-state index is 0.169. The first-order valence-corrected chi connectivity index (χ1v) is 8.70. The first-order valence-electron chi connectivity index (χ1n) is 7.82. The number of nitrogens with one attached hydrogen (secondary N) is 2. The molecule has 26 heavy (non-hydrogen) atoms. The Labute approximate surface area is 151 Å². The Kier molecular flexibility index (Phi) is 3.88. The Balaban J connectivity index is 1.70. The number of aromatic amines is 1. The average molecular weight is 369 g/mol. The summed E-state index contributed by atoms with van der Waals surface area (Å²) in [5.74, 6) is 0.483. The second-order valence-electron chi connectivity index (χ2n) is 5.78. The number of carbonyl (C=O) groups excluding carboxylic acids is 1. The lowest BCUT2D eigenvalue weighted by molar-refractivity contribution is -0.115. The van der Waals surface area contributed by atoms with Crippen molar-refractivity contribution in [3.05, 3.63) is 50.7 Å². The van der Waals surface area contributed by atoms with Gasteiger partial charge in [-0.1, -0.05) is 6.07 Å². The molecule has 0 aliphatic rings. The van der Waals surface area contributed by atoms with Gasteiger partial charge in [-0.05, 0) is 18.4 Å². The summed E-state index contributed by atoms with van der Waals surface area (Å²) in [6, 6.07) is 5.53. The predicted octanol–water partition coefficient (Wildman–Crippen LogP) is 1.39. The van der Waals surface area contributed by atoms with E-state index in [-0.39, 0.29) is 23.8 Å². The zero-order valence-corrected chi connectivity index (χ0v) is 14.9. The van der Waals surface area contributed by atoms with E-state index in [2.05, 4.69) is 25.5 Å². The molecule has 1 amide bonds. The Hall–Kier alpha value is -3.27. The molecule has 0 saturated heterocycles. The third kappa shape index (κ3) is 2.90. The van der Waals surface area contributed by atoms with E-state index >= 15 is 0 Å². The highest BCUT2D eigenvalue weighted by molar-refractivity contribution is 7.10. The lowest BCUT2D eigenvalue weighted by Crippen LogP contribution is -2.19. The van der Waals surface area contributed by atoms with E-state index in [0.717, 1.165) is 4.88 Å². The first-order chi connectivity index (χ1) is 12.5. The van der Waals surface area contributed by atoms with Gasteiger partial charge in [-0.2, -0.15) is 19.9 Å². The molecule has 4 rings (SSSR count). The van der Waals surface area contributed by atoms with Crippen molar-refractivity contribution in [2.24, 2.45) is 7.05 Å². The Morgan fingerprint density at radius 2 is 2.27 bits per heavy atom. The van der Waals surface area contributed by atoms with Crippen LogP contribution in [0.25, 0.3) is 17.0 Å². The second kappa shape index (κ2) is 6.23. The number of hydrogen-bond acceptors (Lipinski definition) is 6. The molecule has 0 unspecified atom stereocenters. The van der Waals surface area contributed by atoms with Gasteiger partial charge in [-0.15, -0.1) is 11.3 Å². The Bertz CT molecular complexity index is 1150. The number of fused-ring (bicyclic) bond motifs is 1. The van der Waals surface area contributed by atoms with Crippen LogP contribution in [0.15, 0.2) is 34.6 Å². The fourth-order valence-corrected chi connectivity index (χ4v) is 3.33. The van der Waals surface area contributed by atoms with E-state index in [4.69, 9.17) is 0 Å². The SMILES string of the molecule is Cc1cc(NC(=O)Cc2cccs2)n(-c2nc3c(cnn3C)c(=O)[nH]2)n1. The number of aryl methyl sites for hydroxylation is 2. The highest BCUT2D eigenvalue weighted by atomic mass is 32.1. The summed E-state index contributed by atoms with van der Waals surface area (Å²) in [6.45, 7) is 1.80. The van der Waals surface area contributed by atoms with Gasteiger partial charge in [0, 0.05) is 18.0 Å². The van der Waals surface area contributed by atoms with Crippen LogP contribution in [0.4, 0.5) is 5.82 Å². The fourth-order valence-electron chi connectivity index (χ4n) is 2.63. The zero-order chi connectivity index (χ0) is 18.3. The third-order valence-electron chi connectivity index (χ3n) is 3.80. The highest BCUT2D eigenvalue weighted by Crippen LogP contribution is 2.16. The monoisotopic (exact) mass is 369 g/mol. The number of anilines is 1. The summed E-state index contributed by atoms with van der Waals surface area (Å²) in [6.07, 6.45) is 1.73. The second-order valence-corrected chi connectivity index (χ2v) is 6.81. The van der Waals surface area contributed by atoms with Crippen LogP contribution >= 0.6 is 11.3 Å². The molecule has 0 saturated carbocycles. The molecule has 4 aromatic rings. The lowest BCUT2D eigenvalue weighted by atomic mass is 10.3. The van der Waals surface area contributed by atoms with E-state index in [9.17, 15) is 9.59 Å². The molecular weight excluding hydrogens is 354 g/mol. The van der Waals surface area contributed by atoms with Crippen molar-refractivity contribution in [1.29, 1.82) is 0 Å². The molecule has 10 heteroatoms. The molecule has 0 fully saturated rings. The fraction of sp³-hybridized carbons (Fsp3) is 0.188. The van der Waals surface area contributed by atoms with Gasteiger partial charge < -0.3 is 5.32 Å². The lowest BCUT2D eigenvalue weighted by Gasteiger charge is -2.08. The van der Waals surface area contributed by atoms with Crippen LogP contribution in [0.1, 0.15) is 10.6 Å². The Morgan fingerprint density at radius 1 is 1.42 bits per heavy atom. The molecule has 0 atom stereocenters. The number of thiophene rings is 1. The molecule has 9 nitrogen and oxygen atoms in total. The van der Waals surface area contributed by atoms with Crippen molar-refractivity contribution in [3.8, 4) is 5.95 Å². The number of H-pyrrole nitrogens is 1. The standard InChI is InChI=1S/C16H15N7O2S/c1-9-6-12(18-13(24)7-10-4-3-5-26-10)23(21-9)16-19-14-11(15(25)20-16)8-17-22(14)2/h3-6,8H,7H2,1-2H3,(H,18,24)(H,19,20,25). The quantitative estimate of drug-likeness (QED) is 0.565. The minimum Gasteiger partial charge on any atom is -0.310 e. The molecule has 0 bridgehead atoms. The minimum atomic E-state index is -0.317. The normalized spacial score (nSPS) is 11.2. The van der Waals surface area contributed by atoms with Gasteiger partial charge in [0.05, 0.1) is 18.3 Å². The molecule has 4 heterocycles. The van der Waals surface area contributed by atoms with E-state index in [1.54, 1.807) is 20.0 Å². The Morgan fingerprint density at radius 3 is 3.04 bits per heavy atom. The number of hydrogen-bond donors (Lipinski definition) is 2. The van der Waals surface area contributed by atoms with Crippen LogP contribution in [0.3, 0.4) is 0 Å². The van der Waals surface area contributed by atoms with Crippen LogP contribution in [-0.2, 0) is 18.3 Å². The maximum Gasteiger partial charge on any atom is 0.263 e. The van der Waals surface area contributed by atoms with Gasteiger partial charge in [0.1, 0.15) is 11.2 Å². The van der Waals surface area contributed by atoms with E-state index in [1.807, 2.05) is 17.5 Å². The van der Waals surface area contributed by atoms with Crippen molar-refractivity contribution < 1.29 is 4.79 Å². The molecular formula is C16H15N7O2S. The van der Waals surface area contributed by atoms with Gasteiger partial charge in [-0.25, -0.2) is 0 Å². The maximum absolute atomic E-state index is 12.3. The topological polar surface area (TPSA) is 110 Å². The maximum atomic E-state index is 12.3. The van der Waals surface area contributed by atoms with Gasteiger partial charge in [0.2, 0.25) is 11.9 Å². The third-order valence-corrected chi connectivity index (χ3v) is 4.68. The molecule has 2 N–H and O–H groups in total. The molecule has 0 aromatic carbocycles. The number of aromatic nitrogens is 6. The van der Waals surface area contributed by atoms with Crippen LogP contribution in [-0.4, -0.2) is 35.4 Å². The smallest absolute Gasteiger partial charge is 0.263 e. The summed E-state index contributed by atoms with van der Waals surface area (Å²) in [4.78, 5) is 32.6. The van der Waals surface area contributed by atoms with Crippen molar-refractivity contribution in [2.75, 3.05) is 5.32 Å². The summed E-state index contributed by atoms with van der Waals surface area (Å²) in [7, 11) is 1.70. The van der Waals surface area contributed by atoms with Crippen molar-refractivity contribution in [3.63, 3.8) is 0 Å². The molecule has 0 radical (unpaired) electrons.